The number of nitrogens with one attached hydrogen (secondary N) is 2. The van der Waals surface area contributed by atoms with Crippen LogP contribution >= 0.6 is 0 Å². The molecule has 11 heteroatoms. The van der Waals surface area contributed by atoms with Gasteiger partial charge in [-0.05, 0) is 37.8 Å². The van der Waals surface area contributed by atoms with Crippen molar-refractivity contribution >= 4 is 28.6 Å². The first-order chi connectivity index (χ1) is 17.7. The molecule has 2 aliphatic rings. The Balaban J connectivity index is 1.18. The number of amides is 1. The highest BCUT2D eigenvalue weighted by molar-refractivity contribution is 5.85. The number of hydrogen-bond donors (Lipinski definition) is 2. The van der Waals surface area contributed by atoms with E-state index in [1.165, 1.54) is 0 Å². The summed E-state index contributed by atoms with van der Waals surface area (Å²) in [5.41, 5.74) is 0.888. The summed E-state index contributed by atoms with van der Waals surface area (Å²) in [6, 6.07) is 6.22. The van der Waals surface area contributed by atoms with Crippen molar-refractivity contribution in [3.63, 3.8) is 0 Å². The van der Waals surface area contributed by atoms with Crippen LogP contribution < -0.4 is 25.0 Å². The van der Waals surface area contributed by atoms with Gasteiger partial charge in [0.2, 0.25) is 11.8 Å². The topological polar surface area (TPSA) is 124 Å². The second-order valence-corrected chi connectivity index (χ2v) is 8.90. The highest BCUT2D eigenvalue weighted by Gasteiger charge is 2.25. The summed E-state index contributed by atoms with van der Waals surface area (Å²) < 4.78 is 17.3. The Morgan fingerprint density at radius 1 is 1.14 bits per heavy atom. The minimum absolute atomic E-state index is 0.0633. The Kier molecular flexibility index (Phi) is 7.55. The summed E-state index contributed by atoms with van der Waals surface area (Å²) in [6.07, 6.45) is 8.69. The van der Waals surface area contributed by atoms with Crippen LogP contribution in [-0.4, -0.2) is 77.9 Å². The number of likely N-dealkylation sites (N-methyl/N-ethyl adjacent to an activating group) is 1. The van der Waals surface area contributed by atoms with Crippen molar-refractivity contribution < 1.29 is 19.0 Å². The third kappa shape index (κ3) is 5.91. The van der Waals surface area contributed by atoms with Gasteiger partial charge in [0.1, 0.15) is 11.9 Å². The molecule has 0 atom stereocenters. The lowest BCUT2D eigenvalue weighted by Gasteiger charge is -2.31. The van der Waals surface area contributed by atoms with Gasteiger partial charge in [-0.15, -0.1) is 0 Å². The molecule has 1 amide bonds. The first-order valence-electron chi connectivity index (χ1n) is 12.3. The number of carbonyl (C=O) groups excluding carboxylic acids is 1. The first-order valence-corrected chi connectivity index (χ1v) is 12.3. The molecule has 1 aliphatic carbocycles. The van der Waals surface area contributed by atoms with Crippen LogP contribution in [0.15, 0.2) is 36.8 Å². The summed E-state index contributed by atoms with van der Waals surface area (Å²) in [7, 11) is 1.56. The lowest BCUT2D eigenvalue weighted by atomic mass is 9.93. The zero-order valence-corrected chi connectivity index (χ0v) is 20.4. The van der Waals surface area contributed by atoms with E-state index < -0.39 is 0 Å². The number of pyridine rings is 2. The summed E-state index contributed by atoms with van der Waals surface area (Å²) in [5.74, 6) is 2.32. The van der Waals surface area contributed by atoms with Crippen LogP contribution in [0.4, 0.5) is 11.8 Å². The Hall–Kier alpha value is -3.73. The average Bonchev–Trinajstić information content (AvgIpc) is 2.94. The van der Waals surface area contributed by atoms with Gasteiger partial charge >= 0.3 is 0 Å². The highest BCUT2D eigenvalue weighted by Crippen LogP contribution is 2.31. The van der Waals surface area contributed by atoms with Gasteiger partial charge in [0.25, 0.3) is 5.91 Å². The smallest absolute Gasteiger partial charge is 0.257 e. The molecule has 0 radical (unpaired) electrons. The molecule has 1 aliphatic heterocycles. The molecule has 11 nitrogen and oxygen atoms in total. The van der Waals surface area contributed by atoms with Crippen molar-refractivity contribution in [2.45, 2.75) is 37.8 Å². The van der Waals surface area contributed by atoms with E-state index in [-0.39, 0.29) is 24.7 Å². The molecule has 5 rings (SSSR count). The normalized spacial score (nSPS) is 20.1. The maximum Gasteiger partial charge on any atom is 0.257 e. The second-order valence-electron chi connectivity index (χ2n) is 8.90. The monoisotopic (exact) mass is 493 g/mol. The summed E-state index contributed by atoms with van der Waals surface area (Å²) in [5, 5.41) is 6.83. The number of ether oxygens (including phenoxy) is 3. The zero-order chi connectivity index (χ0) is 24.7. The van der Waals surface area contributed by atoms with Crippen molar-refractivity contribution in [2.24, 2.45) is 0 Å². The fraction of sp³-hybridized carbons (Fsp3) is 0.480. The van der Waals surface area contributed by atoms with Gasteiger partial charge < -0.3 is 29.7 Å². The molecular formula is C25H31N7O4. The number of hydrogen-bond acceptors (Lipinski definition) is 10. The van der Waals surface area contributed by atoms with Gasteiger partial charge in [-0.2, -0.15) is 4.98 Å². The molecule has 1 saturated carbocycles. The number of nitrogens with zero attached hydrogens (tertiary/aromatic N) is 5. The average molecular weight is 494 g/mol. The van der Waals surface area contributed by atoms with Crippen molar-refractivity contribution in [1.29, 1.82) is 0 Å². The van der Waals surface area contributed by atoms with Gasteiger partial charge in [-0.1, -0.05) is 0 Å². The van der Waals surface area contributed by atoms with Gasteiger partial charge in [-0.25, -0.2) is 9.97 Å². The van der Waals surface area contributed by atoms with Crippen LogP contribution in [0.5, 0.6) is 11.6 Å². The van der Waals surface area contributed by atoms with Gasteiger partial charge in [0.15, 0.2) is 12.4 Å². The SMILES string of the molecule is CNC(=O)COc1cnc(NC2CCC(Oc3nc(N4CCOCC4)cc4ncccc34)CC2)nc1. The van der Waals surface area contributed by atoms with E-state index in [4.69, 9.17) is 19.2 Å². The molecule has 4 heterocycles. The Morgan fingerprint density at radius 3 is 2.67 bits per heavy atom. The van der Waals surface area contributed by atoms with E-state index in [1.807, 2.05) is 18.2 Å². The van der Waals surface area contributed by atoms with E-state index in [2.05, 4.69) is 30.5 Å². The Labute approximate surface area is 209 Å². The molecule has 3 aromatic heterocycles. The molecule has 0 aromatic carbocycles. The lowest BCUT2D eigenvalue weighted by Crippen LogP contribution is -2.37. The highest BCUT2D eigenvalue weighted by atomic mass is 16.5. The van der Waals surface area contributed by atoms with E-state index in [0.717, 1.165) is 55.5 Å². The molecule has 1 saturated heterocycles. The van der Waals surface area contributed by atoms with E-state index in [9.17, 15) is 4.79 Å². The van der Waals surface area contributed by atoms with Crippen molar-refractivity contribution in [1.82, 2.24) is 25.3 Å². The Morgan fingerprint density at radius 2 is 1.92 bits per heavy atom. The van der Waals surface area contributed by atoms with E-state index in [1.54, 1.807) is 25.6 Å². The van der Waals surface area contributed by atoms with Crippen molar-refractivity contribution in [3.05, 3.63) is 36.8 Å². The third-order valence-corrected chi connectivity index (χ3v) is 6.45. The van der Waals surface area contributed by atoms with Crippen LogP contribution in [0, 0.1) is 0 Å². The van der Waals surface area contributed by atoms with Crippen molar-refractivity contribution in [3.8, 4) is 11.6 Å². The molecule has 0 bridgehead atoms. The predicted octanol–water partition coefficient (Wildman–Crippen LogP) is 2.18. The molecular weight excluding hydrogens is 462 g/mol. The lowest BCUT2D eigenvalue weighted by molar-refractivity contribution is -0.122. The van der Waals surface area contributed by atoms with Gasteiger partial charge in [0, 0.05) is 38.4 Å². The van der Waals surface area contributed by atoms with Crippen molar-refractivity contribution in [2.75, 3.05) is 50.2 Å². The minimum Gasteiger partial charge on any atom is -0.481 e. The van der Waals surface area contributed by atoms with Crippen LogP contribution in [0.3, 0.4) is 0 Å². The van der Waals surface area contributed by atoms with Crippen LogP contribution in [0.2, 0.25) is 0 Å². The number of fused-ring (bicyclic) bond motifs is 1. The maximum absolute atomic E-state index is 11.3. The standard InChI is InChI=1S/C25H31N7O4/c1-26-23(33)16-35-19-14-28-25(29-15-19)30-17-4-6-18(7-5-17)36-24-20-3-2-8-27-21(20)13-22(31-24)32-9-11-34-12-10-32/h2-3,8,13-15,17-18H,4-7,9-12,16H2,1H3,(H,26,33)(H,28,29,30). The fourth-order valence-corrected chi connectivity index (χ4v) is 4.43. The molecule has 0 spiro atoms. The zero-order valence-electron chi connectivity index (χ0n) is 20.4. The number of morpholine rings is 1. The second kappa shape index (κ2) is 11.3. The largest absolute Gasteiger partial charge is 0.481 e. The summed E-state index contributed by atoms with van der Waals surface area (Å²) in [4.78, 5) is 31.6. The first kappa shape index (κ1) is 24.0. The Bertz CT molecular complexity index is 1160. The molecule has 0 unspecified atom stereocenters. The van der Waals surface area contributed by atoms with E-state index >= 15 is 0 Å². The fourth-order valence-electron chi connectivity index (χ4n) is 4.43. The third-order valence-electron chi connectivity index (χ3n) is 6.45. The number of carbonyl (C=O) groups is 1. The van der Waals surface area contributed by atoms with Gasteiger partial charge in [-0.3, -0.25) is 9.78 Å². The van der Waals surface area contributed by atoms with Gasteiger partial charge in [0.05, 0.1) is 36.5 Å². The summed E-state index contributed by atoms with van der Waals surface area (Å²) >= 11 is 0. The number of aromatic nitrogens is 4. The number of anilines is 2. The summed E-state index contributed by atoms with van der Waals surface area (Å²) in [6.45, 7) is 2.96. The quantitative estimate of drug-likeness (QED) is 0.483. The molecule has 2 N–H and O–H groups in total. The van der Waals surface area contributed by atoms with E-state index in [0.29, 0.717) is 30.8 Å². The van der Waals surface area contributed by atoms with Crippen LogP contribution in [0.25, 0.3) is 10.9 Å². The predicted molar refractivity (Wildman–Crippen MR) is 134 cm³/mol. The molecule has 2 fully saturated rings. The molecule has 3 aromatic rings. The number of rotatable bonds is 8. The molecule has 190 valence electrons. The van der Waals surface area contributed by atoms with Crippen LogP contribution in [0.1, 0.15) is 25.7 Å². The minimum atomic E-state index is -0.205. The maximum atomic E-state index is 11.3. The molecule has 36 heavy (non-hydrogen) atoms. The van der Waals surface area contributed by atoms with Crippen LogP contribution in [-0.2, 0) is 9.53 Å².